The van der Waals surface area contributed by atoms with Crippen molar-refractivity contribution in [3.63, 3.8) is 0 Å². The molecule has 228 valence electrons. The number of carbonyl (C=O) groups is 3. The number of ether oxygens (including phenoxy) is 2. The highest BCUT2D eigenvalue weighted by atomic mass is 19.1. The Morgan fingerprint density at radius 3 is 2.12 bits per heavy atom. The second-order valence-electron chi connectivity index (χ2n) is 11.6. The highest BCUT2D eigenvalue weighted by molar-refractivity contribution is 6.03. The van der Waals surface area contributed by atoms with Crippen molar-refractivity contribution in [2.45, 2.75) is 64.3 Å². The number of hydrogen-bond donors (Lipinski definition) is 2. The number of β-lactam (4-membered cyclic amide) rings is 1. The summed E-state index contributed by atoms with van der Waals surface area (Å²) >= 11 is 0. The molecule has 1 fully saturated rings. The van der Waals surface area contributed by atoms with Crippen LogP contribution in [0.5, 0.6) is 5.75 Å². The highest BCUT2D eigenvalue weighted by Gasteiger charge is 2.48. The number of nitrogens with one attached hydrogen (secondary N) is 1. The first kappa shape index (κ1) is 31.6. The quantitative estimate of drug-likeness (QED) is 0.227. The van der Waals surface area contributed by atoms with Gasteiger partial charge in [-0.25, -0.2) is 13.6 Å². The lowest BCUT2D eigenvalue weighted by Gasteiger charge is -2.48. The van der Waals surface area contributed by atoms with E-state index in [4.69, 9.17) is 9.47 Å². The van der Waals surface area contributed by atoms with Gasteiger partial charge >= 0.3 is 5.97 Å². The minimum Gasteiger partial charge on any atom is -0.484 e. The Morgan fingerprint density at radius 2 is 1.53 bits per heavy atom. The first-order valence-corrected chi connectivity index (χ1v) is 14.1. The van der Waals surface area contributed by atoms with Crippen LogP contribution < -0.4 is 15.0 Å². The molecule has 0 aromatic heterocycles. The number of aliphatic hydroxyl groups excluding tert-OH is 1. The summed E-state index contributed by atoms with van der Waals surface area (Å²) in [6.45, 7) is 6.43. The summed E-state index contributed by atoms with van der Waals surface area (Å²) in [5, 5.41) is 13.2. The van der Waals surface area contributed by atoms with E-state index >= 15 is 0 Å². The summed E-state index contributed by atoms with van der Waals surface area (Å²) in [5.41, 5.74) is 1.22. The number of hydrogen-bond acceptors (Lipinski definition) is 6. The zero-order valence-electron chi connectivity index (χ0n) is 24.6. The van der Waals surface area contributed by atoms with Crippen LogP contribution in [-0.4, -0.2) is 41.1 Å². The molecule has 0 radical (unpaired) electrons. The van der Waals surface area contributed by atoms with Crippen LogP contribution in [0.25, 0.3) is 0 Å². The molecular formula is C33H36F2N2O6. The topological polar surface area (TPSA) is 105 Å². The maximum absolute atomic E-state index is 13.6. The third kappa shape index (κ3) is 8.16. The van der Waals surface area contributed by atoms with Crippen LogP contribution in [0.1, 0.15) is 63.8 Å². The number of anilines is 1. The predicted octanol–water partition coefficient (Wildman–Crippen LogP) is 5.41. The molecule has 3 aromatic rings. The van der Waals surface area contributed by atoms with Crippen LogP contribution >= 0.6 is 0 Å². The third-order valence-corrected chi connectivity index (χ3v) is 7.05. The van der Waals surface area contributed by atoms with Gasteiger partial charge in [-0.3, -0.25) is 9.59 Å². The zero-order chi connectivity index (χ0) is 31.3. The fourth-order valence-electron chi connectivity index (χ4n) is 4.93. The molecule has 4 rings (SSSR count). The molecule has 8 nitrogen and oxygen atoms in total. The van der Waals surface area contributed by atoms with Crippen molar-refractivity contribution in [3.8, 4) is 5.75 Å². The number of esters is 1. The van der Waals surface area contributed by atoms with E-state index in [2.05, 4.69) is 5.32 Å². The van der Waals surface area contributed by atoms with E-state index in [1.807, 2.05) is 0 Å². The van der Waals surface area contributed by atoms with Gasteiger partial charge in [-0.15, -0.1) is 0 Å². The lowest BCUT2D eigenvalue weighted by atomic mass is 9.78. The fourth-order valence-corrected chi connectivity index (χ4v) is 4.93. The van der Waals surface area contributed by atoms with Crippen LogP contribution in [-0.2, 0) is 19.1 Å². The second-order valence-corrected chi connectivity index (χ2v) is 11.6. The molecule has 1 aliphatic heterocycles. The van der Waals surface area contributed by atoms with Crippen molar-refractivity contribution in [3.05, 3.63) is 95.6 Å². The van der Waals surface area contributed by atoms with Gasteiger partial charge in [-0.1, -0.05) is 24.3 Å². The van der Waals surface area contributed by atoms with Crippen molar-refractivity contribution >= 4 is 23.5 Å². The minimum absolute atomic E-state index is 0.154. The smallest absolute Gasteiger partial charge is 0.328 e. The molecule has 1 heterocycles. The van der Waals surface area contributed by atoms with E-state index in [9.17, 15) is 28.3 Å². The molecule has 43 heavy (non-hydrogen) atoms. The largest absolute Gasteiger partial charge is 0.484 e. The lowest BCUT2D eigenvalue weighted by Crippen LogP contribution is -2.55. The van der Waals surface area contributed by atoms with Crippen LogP contribution in [0.4, 0.5) is 14.5 Å². The highest BCUT2D eigenvalue weighted by Crippen LogP contribution is 2.46. The molecule has 2 N–H and O–H groups in total. The molecule has 1 aliphatic rings. The van der Waals surface area contributed by atoms with Crippen molar-refractivity contribution in [1.29, 1.82) is 0 Å². The monoisotopic (exact) mass is 594 g/mol. The van der Waals surface area contributed by atoms with Gasteiger partial charge in [-0.2, -0.15) is 0 Å². The SMILES string of the molecule is C[C@@H](NC(=O)COc1ccc(C2C(CCC(O)c3ccc(F)cc3)C(=O)N2c2ccc(F)cc2)cc1)C(=O)OC(C)(C)C. The summed E-state index contributed by atoms with van der Waals surface area (Å²) in [4.78, 5) is 39.3. The van der Waals surface area contributed by atoms with E-state index in [0.717, 1.165) is 5.56 Å². The van der Waals surface area contributed by atoms with Crippen molar-refractivity contribution < 1.29 is 37.7 Å². The second kappa shape index (κ2) is 13.3. The molecule has 4 atom stereocenters. The summed E-state index contributed by atoms with van der Waals surface area (Å²) < 4.78 is 37.7. The van der Waals surface area contributed by atoms with E-state index in [1.54, 1.807) is 49.9 Å². The van der Waals surface area contributed by atoms with Gasteiger partial charge in [0.1, 0.15) is 29.0 Å². The fraction of sp³-hybridized carbons (Fsp3) is 0.364. The molecular weight excluding hydrogens is 558 g/mol. The van der Waals surface area contributed by atoms with Crippen molar-refractivity contribution in [2.75, 3.05) is 11.5 Å². The zero-order valence-corrected chi connectivity index (χ0v) is 24.6. The molecule has 2 amide bonds. The van der Waals surface area contributed by atoms with Crippen LogP contribution in [0, 0.1) is 17.6 Å². The van der Waals surface area contributed by atoms with Crippen LogP contribution in [0.2, 0.25) is 0 Å². The number of benzene rings is 3. The molecule has 3 unspecified atom stereocenters. The maximum atomic E-state index is 13.6. The van der Waals surface area contributed by atoms with Gasteiger partial charge in [0.25, 0.3) is 5.91 Å². The summed E-state index contributed by atoms with van der Waals surface area (Å²) in [6.07, 6.45) is -0.212. The third-order valence-electron chi connectivity index (χ3n) is 7.05. The first-order valence-electron chi connectivity index (χ1n) is 14.1. The Hall–Kier alpha value is -4.31. The molecule has 10 heteroatoms. The minimum atomic E-state index is -0.867. The normalized spacial score (nSPS) is 17.9. The predicted molar refractivity (Wildman–Crippen MR) is 156 cm³/mol. The van der Waals surface area contributed by atoms with Gasteiger partial charge in [0.15, 0.2) is 6.61 Å². The number of aliphatic hydroxyl groups is 1. The molecule has 0 bridgehead atoms. The Labute approximate surface area is 249 Å². The Bertz CT molecular complexity index is 1420. The molecule has 3 aromatic carbocycles. The summed E-state index contributed by atoms with van der Waals surface area (Å²) in [5.74, 6) is -2.06. The molecule has 0 spiro atoms. The van der Waals surface area contributed by atoms with Crippen molar-refractivity contribution in [2.24, 2.45) is 5.92 Å². The molecule has 1 saturated heterocycles. The van der Waals surface area contributed by atoms with Gasteiger partial charge in [0.2, 0.25) is 5.91 Å². The van der Waals surface area contributed by atoms with Crippen molar-refractivity contribution in [1.82, 2.24) is 5.32 Å². The van der Waals surface area contributed by atoms with Gasteiger partial charge in [0, 0.05) is 5.69 Å². The van der Waals surface area contributed by atoms with E-state index in [-0.39, 0.29) is 25.0 Å². The average molecular weight is 595 g/mol. The number of rotatable bonds is 11. The Morgan fingerprint density at radius 1 is 0.953 bits per heavy atom. The molecule has 0 saturated carbocycles. The summed E-state index contributed by atoms with van der Waals surface area (Å²) in [7, 11) is 0. The van der Waals surface area contributed by atoms with Crippen LogP contribution in [0.3, 0.4) is 0 Å². The lowest BCUT2D eigenvalue weighted by molar-refractivity contribution is -0.158. The van der Waals surface area contributed by atoms with E-state index in [1.165, 1.54) is 55.5 Å². The Balaban J connectivity index is 1.42. The summed E-state index contributed by atoms with van der Waals surface area (Å²) in [6, 6.07) is 16.9. The number of halogens is 2. The number of carbonyl (C=O) groups excluding carboxylic acids is 3. The first-order chi connectivity index (χ1) is 20.3. The Kier molecular flexibility index (Phi) is 9.80. The number of amides is 2. The van der Waals surface area contributed by atoms with Gasteiger partial charge in [0.05, 0.1) is 18.1 Å². The maximum Gasteiger partial charge on any atom is 0.328 e. The van der Waals surface area contributed by atoms with E-state index < -0.39 is 47.2 Å². The van der Waals surface area contributed by atoms with Gasteiger partial charge in [-0.05, 0) is 100 Å². The average Bonchev–Trinajstić information content (AvgIpc) is 2.95. The standard InChI is InChI=1S/C33H36F2N2O6/c1-20(32(41)43-33(2,3)4)36-29(39)19-42-26-15-7-22(8-16-26)30-27(17-18-28(38)21-5-9-23(34)10-6-21)31(40)37(30)25-13-11-24(35)12-14-25/h5-16,20,27-28,30,38H,17-19H2,1-4H3,(H,36,39)/t20-,27?,28?,30?/m1/s1. The molecule has 0 aliphatic carbocycles. The van der Waals surface area contributed by atoms with Gasteiger partial charge < -0.3 is 24.8 Å². The number of nitrogens with zero attached hydrogens (tertiary/aromatic N) is 1. The van der Waals surface area contributed by atoms with E-state index in [0.29, 0.717) is 23.4 Å². The van der Waals surface area contributed by atoms with Crippen LogP contribution in [0.15, 0.2) is 72.8 Å².